The Hall–Kier alpha value is -2.95. The van der Waals surface area contributed by atoms with E-state index in [0.29, 0.717) is 12.1 Å². The van der Waals surface area contributed by atoms with Gasteiger partial charge in [0.05, 0.1) is 21.7 Å². The average molecular weight is 395 g/mol. The van der Waals surface area contributed by atoms with Gasteiger partial charge in [0.2, 0.25) is 10.0 Å². The SMILES string of the molecule is Cc1cc(C)c2ncc(C#N)c(NCc3ccc(S(=O)(=O)N(C)C)cc3)c2c1. The molecule has 0 amide bonds. The molecule has 0 atom stereocenters. The zero-order chi connectivity index (χ0) is 20.5. The minimum Gasteiger partial charge on any atom is -0.379 e. The van der Waals surface area contributed by atoms with Gasteiger partial charge in [0.15, 0.2) is 0 Å². The normalized spacial score (nSPS) is 11.6. The second-order valence-corrected chi connectivity index (χ2v) is 9.07. The molecular weight excluding hydrogens is 372 g/mol. The topological polar surface area (TPSA) is 86.1 Å². The van der Waals surface area contributed by atoms with Gasteiger partial charge in [0, 0.05) is 32.2 Å². The lowest BCUT2D eigenvalue weighted by atomic mass is 10.0. The number of nitriles is 1. The third kappa shape index (κ3) is 3.70. The molecule has 0 bridgehead atoms. The summed E-state index contributed by atoms with van der Waals surface area (Å²) in [6.45, 7) is 4.48. The van der Waals surface area contributed by atoms with E-state index in [2.05, 4.69) is 22.4 Å². The molecule has 0 aliphatic carbocycles. The Morgan fingerprint density at radius 3 is 2.43 bits per heavy atom. The quantitative estimate of drug-likeness (QED) is 0.715. The van der Waals surface area contributed by atoms with E-state index in [4.69, 9.17) is 0 Å². The van der Waals surface area contributed by atoms with Crippen LogP contribution in [0.15, 0.2) is 47.5 Å². The van der Waals surface area contributed by atoms with Crippen LogP contribution >= 0.6 is 0 Å². The van der Waals surface area contributed by atoms with Crippen molar-refractivity contribution in [2.24, 2.45) is 0 Å². The van der Waals surface area contributed by atoms with Gasteiger partial charge >= 0.3 is 0 Å². The molecule has 7 heteroatoms. The lowest BCUT2D eigenvalue weighted by molar-refractivity contribution is 0.520. The summed E-state index contributed by atoms with van der Waals surface area (Å²) in [5.74, 6) is 0. The molecule has 0 aliphatic rings. The number of hydrogen-bond acceptors (Lipinski definition) is 5. The van der Waals surface area contributed by atoms with Crippen molar-refractivity contribution in [1.82, 2.24) is 9.29 Å². The van der Waals surface area contributed by atoms with Crippen LogP contribution in [0.1, 0.15) is 22.3 Å². The highest BCUT2D eigenvalue weighted by Gasteiger charge is 2.16. The van der Waals surface area contributed by atoms with Crippen molar-refractivity contribution in [2.75, 3.05) is 19.4 Å². The molecule has 3 rings (SSSR count). The molecule has 0 saturated heterocycles. The highest BCUT2D eigenvalue weighted by Crippen LogP contribution is 2.29. The maximum atomic E-state index is 12.2. The van der Waals surface area contributed by atoms with E-state index < -0.39 is 10.0 Å². The fourth-order valence-electron chi connectivity index (χ4n) is 3.12. The summed E-state index contributed by atoms with van der Waals surface area (Å²) in [5.41, 5.74) is 5.15. The Morgan fingerprint density at radius 1 is 1.14 bits per heavy atom. The minimum atomic E-state index is -3.45. The van der Waals surface area contributed by atoms with Crippen molar-refractivity contribution in [3.05, 3.63) is 64.8 Å². The standard InChI is InChI=1S/C21H22N4O2S/c1-14-9-15(2)20-19(10-14)21(17(11-22)13-24-20)23-12-16-5-7-18(8-6-16)28(26,27)25(3)4/h5-10,13H,12H2,1-4H3,(H,23,24). The average Bonchev–Trinajstić information content (AvgIpc) is 2.66. The molecule has 0 radical (unpaired) electrons. The van der Waals surface area contributed by atoms with E-state index in [-0.39, 0.29) is 4.90 Å². The molecule has 144 valence electrons. The molecule has 2 aromatic carbocycles. The molecule has 1 aromatic heterocycles. The molecule has 0 saturated carbocycles. The fraction of sp³-hybridized carbons (Fsp3) is 0.238. The molecule has 1 N–H and O–H groups in total. The van der Waals surface area contributed by atoms with Crippen LogP contribution in [0.4, 0.5) is 5.69 Å². The summed E-state index contributed by atoms with van der Waals surface area (Å²) in [4.78, 5) is 4.68. The van der Waals surface area contributed by atoms with Crippen molar-refractivity contribution < 1.29 is 8.42 Å². The molecule has 0 spiro atoms. The predicted octanol–water partition coefficient (Wildman–Crippen LogP) is 3.59. The maximum Gasteiger partial charge on any atom is 0.242 e. The highest BCUT2D eigenvalue weighted by molar-refractivity contribution is 7.89. The first-order valence-corrected chi connectivity index (χ1v) is 10.2. The van der Waals surface area contributed by atoms with E-state index in [1.165, 1.54) is 18.4 Å². The zero-order valence-electron chi connectivity index (χ0n) is 16.3. The number of benzene rings is 2. The van der Waals surface area contributed by atoms with Crippen LogP contribution in [-0.2, 0) is 16.6 Å². The molecular formula is C21H22N4O2S. The lowest BCUT2D eigenvalue weighted by Crippen LogP contribution is -2.22. The fourth-order valence-corrected chi connectivity index (χ4v) is 4.02. The summed E-state index contributed by atoms with van der Waals surface area (Å²) >= 11 is 0. The van der Waals surface area contributed by atoms with E-state index in [0.717, 1.165) is 33.3 Å². The number of nitrogens with zero attached hydrogens (tertiary/aromatic N) is 3. The van der Waals surface area contributed by atoms with Crippen molar-refractivity contribution in [3.8, 4) is 6.07 Å². The highest BCUT2D eigenvalue weighted by atomic mass is 32.2. The Morgan fingerprint density at radius 2 is 1.82 bits per heavy atom. The number of nitrogens with one attached hydrogen (secondary N) is 1. The summed E-state index contributed by atoms with van der Waals surface area (Å²) in [5, 5.41) is 13.7. The van der Waals surface area contributed by atoms with Crippen LogP contribution < -0.4 is 5.32 Å². The van der Waals surface area contributed by atoms with Crippen LogP contribution in [0.2, 0.25) is 0 Å². The van der Waals surface area contributed by atoms with E-state index in [9.17, 15) is 13.7 Å². The Kier molecular flexibility index (Phi) is 5.36. The summed E-state index contributed by atoms with van der Waals surface area (Å²) in [6.07, 6.45) is 1.58. The number of sulfonamides is 1. The number of rotatable bonds is 5. The van der Waals surface area contributed by atoms with Gasteiger partial charge in [-0.05, 0) is 43.2 Å². The number of aryl methyl sites for hydroxylation is 2. The van der Waals surface area contributed by atoms with Gasteiger partial charge in [0.1, 0.15) is 6.07 Å². The van der Waals surface area contributed by atoms with Gasteiger partial charge in [-0.3, -0.25) is 4.98 Å². The zero-order valence-corrected chi connectivity index (χ0v) is 17.1. The molecule has 1 heterocycles. The molecule has 0 unspecified atom stereocenters. The van der Waals surface area contributed by atoms with Gasteiger partial charge in [0.25, 0.3) is 0 Å². The molecule has 0 fully saturated rings. The predicted molar refractivity (Wildman–Crippen MR) is 111 cm³/mol. The van der Waals surface area contributed by atoms with Gasteiger partial charge in [-0.15, -0.1) is 0 Å². The van der Waals surface area contributed by atoms with Crippen LogP contribution in [0, 0.1) is 25.2 Å². The third-order valence-corrected chi connectivity index (χ3v) is 6.43. The first-order valence-electron chi connectivity index (χ1n) is 8.79. The van der Waals surface area contributed by atoms with E-state index >= 15 is 0 Å². The largest absolute Gasteiger partial charge is 0.379 e. The van der Waals surface area contributed by atoms with E-state index in [1.54, 1.807) is 30.5 Å². The van der Waals surface area contributed by atoms with E-state index in [1.807, 2.05) is 19.9 Å². The third-order valence-electron chi connectivity index (χ3n) is 4.60. The van der Waals surface area contributed by atoms with Crippen LogP contribution in [0.25, 0.3) is 10.9 Å². The summed E-state index contributed by atoms with van der Waals surface area (Å²) < 4.78 is 25.6. The second-order valence-electron chi connectivity index (χ2n) is 6.92. The van der Waals surface area contributed by atoms with Crippen LogP contribution in [0.3, 0.4) is 0 Å². The monoisotopic (exact) mass is 394 g/mol. The van der Waals surface area contributed by atoms with Crippen molar-refractivity contribution in [2.45, 2.75) is 25.3 Å². The first kappa shape index (κ1) is 19.8. The van der Waals surface area contributed by atoms with Crippen molar-refractivity contribution in [3.63, 3.8) is 0 Å². The first-order chi connectivity index (χ1) is 13.2. The lowest BCUT2D eigenvalue weighted by Gasteiger charge is -2.14. The molecule has 6 nitrogen and oxygen atoms in total. The van der Waals surface area contributed by atoms with Gasteiger partial charge in [-0.25, -0.2) is 12.7 Å². The Balaban J connectivity index is 1.93. The number of pyridine rings is 1. The summed E-state index contributed by atoms with van der Waals surface area (Å²) in [6, 6.07) is 13.0. The number of anilines is 1. The Bertz CT molecular complexity index is 1180. The molecule has 0 aliphatic heterocycles. The van der Waals surface area contributed by atoms with Gasteiger partial charge < -0.3 is 5.32 Å². The van der Waals surface area contributed by atoms with Crippen molar-refractivity contribution in [1.29, 1.82) is 5.26 Å². The van der Waals surface area contributed by atoms with Crippen molar-refractivity contribution >= 4 is 26.6 Å². The van der Waals surface area contributed by atoms with Gasteiger partial charge in [-0.1, -0.05) is 23.8 Å². The number of hydrogen-bond donors (Lipinski definition) is 1. The minimum absolute atomic E-state index is 0.250. The summed E-state index contributed by atoms with van der Waals surface area (Å²) in [7, 11) is -0.435. The Labute approximate surface area is 165 Å². The molecule has 28 heavy (non-hydrogen) atoms. The number of aromatic nitrogens is 1. The maximum absolute atomic E-state index is 12.2. The van der Waals surface area contributed by atoms with Crippen LogP contribution in [-0.4, -0.2) is 31.8 Å². The smallest absolute Gasteiger partial charge is 0.242 e. The van der Waals surface area contributed by atoms with Crippen LogP contribution in [0.5, 0.6) is 0 Å². The number of fused-ring (bicyclic) bond motifs is 1. The molecule has 3 aromatic rings. The van der Waals surface area contributed by atoms with Gasteiger partial charge in [-0.2, -0.15) is 5.26 Å². The second kappa shape index (κ2) is 7.58.